The van der Waals surface area contributed by atoms with Gasteiger partial charge in [-0.15, -0.1) is 0 Å². The summed E-state index contributed by atoms with van der Waals surface area (Å²) in [5.41, 5.74) is 2.34. The number of rotatable bonds is 2. The second-order valence-corrected chi connectivity index (χ2v) is 6.98. The van der Waals surface area contributed by atoms with E-state index in [4.69, 9.17) is 0 Å². The fraction of sp³-hybridized carbons (Fsp3) is 0.143. The van der Waals surface area contributed by atoms with Crippen LogP contribution in [0.1, 0.15) is 21.5 Å². The maximum atomic E-state index is 14.0. The fourth-order valence-electron chi connectivity index (χ4n) is 1.77. The van der Waals surface area contributed by atoms with Crippen LogP contribution in [-0.4, -0.2) is 0 Å². The number of halogens is 5. The summed E-state index contributed by atoms with van der Waals surface area (Å²) >= 11 is 8.66. The van der Waals surface area contributed by atoms with Gasteiger partial charge < -0.3 is 0 Å². The van der Waals surface area contributed by atoms with Crippen LogP contribution in [0.3, 0.4) is 0 Å². The van der Waals surface area contributed by atoms with Gasteiger partial charge in [-0.1, -0.05) is 34.1 Å². The van der Waals surface area contributed by atoms with Gasteiger partial charge in [0, 0.05) is 9.13 Å². The zero-order valence-corrected chi connectivity index (χ0v) is 15.2. The van der Waals surface area contributed by atoms with Gasteiger partial charge in [-0.05, 0) is 68.7 Å². The average molecular weight is 502 g/mol. The van der Waals surface area contributed by atoms with Gasteiger partial charge in [0.2, 0.25) is 0 Å². The van der Waals surface area contributed by atoms with Gasteiger partial charge in [0.25, 0.3) is 0 Å². The van der Waals surface area contributed by atoms with Crippen LogP contribution in [0.5, 0.6) is 0 Å². The largest absolute Gasteiger partial charge is 0.207 e. The van der Waals surface area contributed by atoms with Crippen LogP contribution in [-0.2, 0) is 0 Å². The maximum absolute atomic E-state index is 14.0. The minimum atomic E-state index is -0.469. The summed E-state index contributed by atoms with van der Waals surface area (Å²) in [4.78, 5) is -0.373. The van der Waals surface area contributed by atoms with Gasteiger partial charge in [0.05, 0.1) is 9.30 Å². The summed E-state index contributed by atoms with van der Waals surface area (Å²) in [6.45, 7) is 1.99. The second kappa shape index (κ2) is 6.18. The average Bonchev–Trinajstić information content (AvgIpc) is 2.36. The molecular formula is C14H9Br2F2I. The highest BCUT2D eigenvalue weighted by Gasteiger charge is 2.19. The zero-order chi connectivity index (χ0) is 14.2. The molecule has 2 aromatic rings. The number of hydrogen-bond acceptors (Lipinski definition) is 0. The molecule has 0 N–H and O–H groups in total. The van der Waals surface area contributed by atoms with Crippen molar-refractivity contribution in [3.63, 3.8) is 0 Å². The molecule has 5 heteroatoms. The van der Waals surface area contributed by atoms with Gasteiger partial charge in [-0.2, -0.15) is 0 Å². The number of alkyl halides is 1. The Morgan fingerprint density at radius 2 is 1.79 bits per heavy atom. The van der Waals surface area contributed by atoms with Crippen LogP contribution in [0.4, 0.5) is 8.78 Å². The molecule has 0 fully saturated rings. The highest BCUT2D eigenvalue weighted by Crippen LogP contribution is 2.37. The van der Waals surface area contributed by atoms with Crippen molar-refractivity contribution >= 4 is 54.5 Å². The van der Waals surface area contributed by atoms with E-state index in [0.29, 0.717) is 5.56 Å². The molecule has 0 aliphatic heterocycles. The lowest BCUT2D eigenvalue weighted by Gasteiger charge is -2.15. The number of aryl methyl sites for hydroxylation is 1. The first-order chi connectivity index (χ1) is 8.91. The molecule has 100 valence electrons. The monoisotopic (exact) mass is 500 g/mol. The van der Waals surface area contributed by atoms with Gasteiger partial charge in [0.15, 0.2) is 0 Å². The van der Waals surface area contributed by atoms with E-state index in [1.54, 1.807) is 0 Å². The molecule has 19 heavy (non-hydrogen) atoms. The van der Waals surface area contributed by atoms with Crippen LogP contribution < -0.4 is 0 Å². The van der Waals surface area contributed by atoms with Crippen molar-refractivity contribution in [2.24, 2.45) is 0 Å². The molecule has 1 atom stereocenters. The predicted molar refractivity (Wildman–Crippen MR) is 88.7 cm³/mol. The molecule has 0 aromatic heterocycles. The van der Waals surface area contributed by atoms with E-state index in [9.17, 15) is 8.78 Å². The maximum Gasteiger partial charge on any atom is 0.137 e. The third-order valence-electron chi connectivity index (χ3n) is 2.81. The van der Waals surface area contributed by atoms with Gasteiger partial charge in [0.1, 0.15) is 11.6 Å². The minimum absolute atomic E-state index is 0.132. The van der Waals surface area contributed by atoms with Crippen molar-refractivity contribution in [3.8, 4) is 0 Å². The summed E-state index contributed by atoms with van der Waals surface area (Å²) in [5, 5.41) is 0. The molecule has 0 saturated carbocycles. The molecular weight excluding hydrogens is 493 g/mol. The molecule has 0 radical (unpaired) electrons. The van der Waals surface area contributed by atoms with Crippen LogP contribution in [0, 0.1) is 22.1 Å². The first-order valence-corrected chi connectivity index (χ1v) is 8.24. The molecule has 1 unspecified atom stereocenters. The molecule has 0 amide bonds. The lowest BCUT2D eigenvalue weighted by molar-refractivity contribution is 0.583. The predicted octanol–water partition coefficient (Wildman–Crippen LogP) is 6.12. The molecule has 0 aliphatic carbocycles. The highest BCUT2D eigenvalue weighted by molar-refractivity contribution is 14.1. The Kier molecular flexibility index (Phi) is 5.00. The van der Waals surface area contributed by atoms with Crippen LogP contribution in [0.15, 0.2) is 34.8 Å². The molecule has 0 spiro atoms. The van der Waals surface area contributed by atoms with Crippen molar-refractivity contribution < 1.29 is 8.78 Å². The Bertz CT molecular complexity index is 629. The SMILES string of the molecule is Cc1cccc(C(Br)c2cc(F)c(Br)cc2F)c1I. The molecule has 0 nitrogen and oxygen atoms in total. The van der Waals surface area contributed by atoms with Crippen LogP contribution >= 0.6 is 54.5 Å². The molecule has 0 heterocycles. The van der Waals surface area contributed by atoms with E-state index in [1.165, 1.54) is 6.07 Å². The lowest BCUT2D eigenvalue weighted by Crippen LogP contribution is -2.01. The van der Waals surface area contributed by atoms with Crippen LogP contribution in [0.2, 0.25) is 0 Å². The van der Waals surface area contributed by atoms with E-state index in [1.807, 2.05) is 25.1 Å². The third kappa shape index (κ3) is 3.19. The number of hydrogen-bond donors (Lipinski definition) is 0. The summed E-state index contributed by atoms with van der Waals surface area (Å²) in [6, 6.07) is 8.18. The summed E-state index contributed by atoms with van der Waals surface area (Å²) in [7, 11) is 0. The quantitative estimate of drug-likeness (QED) is 0.264. The Morgan fingerprint density at radius 1 is 1.11 bits per heavy atom. The van der Waals surface area contributed by atoms with Gasteiger partial charge >= 0.3 is 0 Å². The molecule has 2 aromatic carbocycles. The van der Waals surface area contributed by atoms with Crippen molar-refractivity contribution in [2.75, 3.05) is 0 Å². The Labute approximate surface area is 141 Å². The zero-order valence-electron chi connectivity index (χ0n) is 9.85. The van der Waals surface area contributed by atoms with Crippen LogP contribution in [0.25, 0.3) is 0 Å². The van der Waals surface area contributed by atoms with Gasteiger partial charge in [-0.3, -0.25) is 0 Å². The Hall–Kier alpha value is -0.0100. The van der Waals surface area contributed by atoms with Crippen molar-refractivity contribution in [1.82, 2.24) is 0 Å². The van der Waals surface area contributed by atoms with E-state index in [0.717, 1.165) is 20.8 Å². The molecule has 0 saturated heterocycles. The first-order valence-electron chi connectivity index (χ1n) is 5.45. The Morgan fingerprint density at radius 3 is 2.47 bits per heavy atom. The van der Waals surface area contributed by atoms with Crippen molar-refractivity contribution in [1.29, 1.82) is 0 Å². The van der Waals surface area contributed by atoms with Crippen molar-refractivity contribution in [3.05, 3.63) is 66.7 Å². The van der Waals surface area contributed by atoms with E-state index in [2.05, 4.69) is 54.5 Å². The van der Waals surface area contributed by atoms with Crippen molar-refractivity contribution in [2.45, 2.75) is 11.8 Å². The van der Waals surface area contributed by atoms with E-state index in [-0.39, 0.29) is 9.30 Å². The summed E-state index contributed by atoms with van der Waals surface area (Å²) in [5.74, 6) is -0.907. The van der Waals surface area contributed by atoms with E-state index >= 15 is 0 Å². The van der Waals surface area contributed by atoms with E-state index < -0.39 is 11.6 Å². The Balaban J connectivity index is 2.53. The smallest absolute Gasteiger partial charge is 0.137 e. The highest BCUT2D eigenvalue weighted by atomic mass is 127. The third-order valence-corrected chi connectivity index (χ3v) is 5.88. The minimum Gasteiger partial charge on any atom is -0.207 e. The standard InChI is InChI=1S/C14H9Br2F2I/c1-7-3-2-4-8(14(7)19)13(16)9-5-12(18)10(15)6-11(9)17/h2-6,13H,1H3. The number of benzene rings is 2. The fourth-order valence-corrected chi connectivity index (χ4v) is 3.91. The second-order valence-electron chi connectivity index (χ2n) is 4.13. The topological polar surface area (TPSA) is 0 Å². The molecule has 0 bridgehead atoms. The molecule has 2 rings (SSSR count). The lowest BCUT2D eigenvalue weighted by atomic mass is 10.0. The summed E-state index contributed by atoms with van der Waals surface area (Å²) < 4.78 is 28.7. The molecule has 0 aliphatic rings. The normalized spacial score (nSPS) is 12.5. The van der Waals surface area contributed by atoms with Gasteiger partial charge in [-0.25, -0.2) is 8.78 Å². The summed E-state index contributed by atoms with van der Waals surface area (Å²) in [6.07, 6.45) is 0. The first kappa shape index (κ1) is 15.4.